The van der Waals surface area contributed by atoms with Gasteiger partial charge in [-0.2, -0.15) is 0 Å². The van der Waals surface area contributed by atoms with Crippen molar-refractivity contribution in [2.45, 2.75) is 6.54 Å². The third-order valence-electron chi connectivity index (χ3n) is 4.10. The number of benzene rings is 1. The number of rotatable bonds is 2. The number of pyridine rings is 1. The van der Waals surface area contributed by atoms with Crippen LogP contribution in [0.2, 0.25) is 5.15 Å². The van der Waals surface area contributed by atoms with Crippen LogP contribution in [0, 0.1) is 0 Å². The predicted molar refractivity (Wildman–Crippen MR) is 102 cm³/mol. The monoisotopic (exact) mass is 394 g/mol. The standard InChI is InChI=1S/C16H15ClN4O2S2/c1-25(22,23)21-7-6-20(10-11-4-2-3-5-13(11)21)16-19-12-8-15(17)18-9-14(12)24-16/h2-5,8-9H,6-7,10H2,1H3. The Morgan fingerprint density at radius 1 is 1.24 bits per heavy atom. The van der Waals surface area contributed by atoms with E-state index in [1.165, 1.54) is 21.9 Å². The number of halogens is 1. The summed E-state index contributed by atoms with van der Waals surface area (Å²) in [6.07, 6.45) is 2.96. The number of nitrogens with zero attached hydrogens (tertiary/aromatic N) is 4. The van der Waals surface area contributed by atoms with Crippen molar-refractivity contribution in [1.82, 2.24) is 9.97 Å². The van der Waals surface area contributed by atoms with Crippen molar-refractivity contribution in [3.8, 4) is 0 Å². The molecule has 0 amide bonds. The van der Waals surface area contributed by atoms with Gasteiger partial charge >= 0.3 is 0 Å². The van der Waals surface area contributed by atoms with Crippen molar-refractivity contribution in [2.24, 2.45) is 0 Å². The first-order valence-electron chi connectivity index (χ1n) is 7.64. The van der Waals surface area contributed by atoms with Crippen LogP contribution in [0.3, 0.4) is 0 Å². The molecule has 0 saturated carbocycles. The van der Waals surface area contributed by atoms with E-state index in [-0.39, 0.29) is 0 Å². The normalized spacial score (nSPS) is 15.3. The number of sulfonamides is 1. The summed E-state index contributed by atoms with van der Waals surface area (Å²) in [5, 5.41) is 1.25. The Labute approximate surface area is 154 Å². The van der Waals surface area contributed by atoms with Gasteiger partial charge in [-0.05, 0) is 11.6 Å². The molecule has 0 saturated heterocycles. The molecule has 0 atom stereocenters. The van der Waals surface area contributed by atoms with Gasteiger partial charge in [-0.1, -0.05) is 41.1 Å². The van der Waals surface area contributed by atoms with Crippen LogP contribution in [0.25, 0.3) is 10.2 Å². The minimum Gasteiger partial charge on any atom is -0.342 e. The molecule has 4 rings (SSSR count). The van der Waals surface area contributed by atoms with Gasteiger partial charge in [-0.3, -0.25) is 4.31 Å². The van der Waals surface area contributed by atoms with Crippen LogP contribution in [0.4, 0.5) is 10.8 Å². The number of thiazole rings is 1. The maximum Gasteiger partial charge on any atom is 0.232 e. The van der Waals surface area contributed by atoms with E-state index in [0.29, 0.717) is 24.8 Å². The van der Waals surface area contributed by atoms with Crippen molar-refractivity contribution < 1.29 is 8.42 Å². The molecular formula is C16H15ClN4O2S2. The topological polar surface area (TPSA) is 66.4 Å². The number of fused-ring (bicyclic) bond motifs is 2. The lowest BCUT2D eigenvalue weighted by Gasteiger charge is -2.22. The molecule has 130 valence electrons. The van der Waals surface area contributed by atoms with E-state index in [9.17, 15) is 8.42 Å². The number of hydrogen-bond acceptors (Lipinski definition) is 6. The maximum absolute atomic E-state index is 12.2. The molecule has 0 radical (unpaired) electrons. The van der Waals surface area contributed by atoms with Gasteiger partial charge in [-0.15, -0.1) is 0 Å². The average Bonchev–Trinajstić information content (AvgIpc) is 2.85. The number of hydrogen-bond donors (Lipinski definition) is 0. The Kier molecular flexibility index (Phi) is 4.05. The van der Waals surface area contributed by atoms with E-state index in [1.54, 1.807) is 12.3 Å². The molecule has 3 aromatic rings. The van der Waals surface area contributed by atoms with Crippen LogP contribution < -0.4 is 9.21 Å². The smallest absolute Gasteiger partial charge is 0.232 e. The van der Waals surface area contributed by atoms with Crippen LogP contribution in [-0.4, -0.2) is 37.7 Å². The molecule has 0 fully saturated rings. The van der Waals surface area contributed by atoms with E-state index in [4.69, 9.17) is 11.6 Å². The quantitative estimate of drug-likeness (QED) is 0.625. The second-order valence-electron chi connectivity index (χ2n) is 5.86. The van der Waals surface area contributed by atoms with E-state index in [2.05, 4.69) is 14.9 Å². The first-order valence-corrected chi connectivity index (χ1v) is 10.7. The first-order chi connectivity index (χ1) is 11.9. The molecule has 0 spiro atoms. The zero-order valence-corrected chi connectivity index (χ0v) is 15.8. The summed E-state index contributed by atoms with van der Waals surface area (Å²) in [6, 6.07) is 9.33. The zero-order valence-electron chi connectivity index (χ0n) is 13.4. The van der Waals surface area contributed by atoms with Gasteiger partial charge in [0.05, 0.1) is 28.7 Å². The fourth-order valence-electron chi connectivity index (χ4n) is 2.95. The van der Waals surface area contributed by atoms with Crippen molar-refractivity contribution in [2.75, 3.05) is 28.6 Å². The van der Waals surface area contributed by atoms with Gasteiger partial charge in [0.25, 0.3) is 0 Å². The SMILES string of the molecule is CS(=O)(=O)N1CCN(c2nc3cc(Cl)ncc3s2)Cc2ccccc21. The second-order valence-corrected chi connectivity index (χ2v) is 9.16. The predicted octanol–water partition coefficient (Wildman–Crippen LogP) is 3.13. The second kappa shape index (κ2) is 6.12. The minimum absolute atomic E-state index is 0.380. The molecule has 1 aliphatic rings. The molecule has 2 aromatic heterocycles. The molecule has 0 N–H and O–H groups in total. The summed E-state index contributed by atoms with van der Waals surface area (Å²) in [6.45, 7) is 1.54. The molecule has 0 aliphatic carbocycles. The fourth-order valence-corrected chi connectivity index (χ4v) is 4.99. The summed E-state index contributed by atoms with van der Waals surface area (Å²) in [7, 11) is -3.34. The summed E-state index contributed by atoms with van der Waals surface area (Å²) in [5.74, 6) is 0. The molecule has 25 heavy (non-hydrogen) atoms. The lowest BCUT2D eigenvalue weighted by atomic mass is 10.2. The minimum atomic E-state index is -3.34. The van der Waals surface area contributed by atoms with E-state index >= 15 is 0 Å². The summed E-state index contributed by atoms with van der Waals surface area (Å²) < 4.78 is 26.8. The van der Waals surface area contributed by atoms with Gasteiger partial charge in [0.2, 0.25) is 10.0 Å². The van der Waals surface area contributed by atoms with Crippen molar-refractivity contribution in [3.05, 3.63) is 47.2 Å². The molecule has 0 unspecified atom stereocenters. The van der Waals surface area contributed by atoms with Crippen LogP contribution in [0.1, 0.15) is 5.56 Å². The van der Waals surface area contributed by atoms with E-state index < -0.39 is 10.0 Å². The Hall–Kier alpha value is -1.90. The molecule has 1 aliphatic heterocycles. The Bertz CT molecular complexity index is 1050. The van der Waals surface area contributed by atoms with E-state index in [0.717, 1.165) is 26.6 Å². The zero-order chi connectivity index (χ0) is 17.6. The van der Waals surface area contributed by atoms with Crippen LogP contribution in [-0.2, 0) is 16.6 Å². The third-order valence-corrected chi connectivity index (χ3v) is 6.55. The molecular weight excluding hydrogens is 380 g/mol. The number of aromatic nitrogens is 2. The molecule has 0 bridgehead atoms. The summed E-state index contributed by atoms with van der Waals surface area (Å²) >= 11 is 7.47. The largest absolute Gasteiger partial charge is 0.342 e. The number of anilines is 2. The van der Waals surface area contributed by atoms with Crippen molar-refractivity contribution in [1.29, 1.82) is 0 Å². The van der Waals surface area contributed by atoms with Crippen LogP contribution in [0.5, 0.6) is 0 Å². The Morgan fingerprint density at radius 2 is 2.04 bits per heavy atom. The van der Waals surface area contributed by atoms with Gasteiger partial charge < -0.3 is 4.90 Å². The van der Waals surface area contributed by atoms with Gasteiger partial charge in [0.15, 0.2) is 5.13 Å². The van der Waals surface area contributed by atoms with Crippen molar-refractivity contribution in [3.63, 3.8) is 0 Å². The first kappa shape index (κ1) is 16.6. The highest BCUT2D eigenvalue weighted by molar-refractivity contribution is 7.92. The highest BCUT2D eigenvalue weighted by Crippen LogP contribution is 2.33. The molecule has 9 heteroatoms. The van der Waals surface area contributed by atoms with Crippen molar-refractivity contribution >= 4 is 54.0 Å². The molecule has 6 nitrogen and oxygen atoms in total. The lowest BCUT2D eigenvalue weighted by molar-refractivity contribution is 0.597. The Morgan fingerprint density at radius 3 is 2.84 bits per heavy atom. The average molecular weight is 395 g/mol. The molecule has 1 aromatic carbocycles. The van der Waals surface area contributed by atoms with Gasteiger partial charge in [0.1, 0.15) is 5.15 Å². The Balaban J connectivity index is 1.75. The van der Waals surface area contributed by atoms with E-state index in [1.807, 2.05) is 24.3 Å². The van der Waals surface area contributed by atoms with Gasteiger partial charge in [0, 0.05) is 25.4 Å². The summed E-state index contributed by atoms with van der Waals surface area (Å²) in [4.78, 5) is 10.8. The number of para-hydroxylation sites is 1. The molecule has 3 heterocycles. The highest BCUT2D eigenvalue weighted by atomic mass is 35.5. The van der Waals surface area contributed by atoms with Crippen LogP contribution >= 0.6 is 22.9 Å². The fraction of sp³-hybridized carbons (Fsp3) is 0.250. The third kappa shape index (κ3) is 3.17. The maximum atomic E-state index is 12.2. The lowest BCUT2D eigenvalue weighted by Crippen LogP contribution is -2.35. The van der Waals surface area contributed by atoms with Crippen LogP contribution in [0.15, 0.2) is 36.5 Å². The summed E-state index contributed by atoms with van der Waals surface area (Å²) in [5.41, 5.74) is 2.50. The van der Waals surface area contributed by atoms with Gasteiger partial charge in [-0.25, -0.2) is 18.4 Å². The highest BCUT2D eigenvalue weighted by Gasteiger charge is 2.26.